The predicted octanol–water partition coefficient (Wildman–Crippen LogP) is 4.67. The third-order valence-electron chi connectivity index (χ3n) is 6.23. The van der Waals surface area contributed by atoms with Crippen molar-refractivity contribution in [2.24, 2.45) is 0 Å². The van der Waals surface area contributed by atoms with Crippen LogP contribution in [0, 0.1) is 5.82 Å². The normalized spacial score (nSPS) is 16.1. The zero-order valence-corrected chi connectivity index (χ0v) is 18.4. The van der Waals surface area contributed by atoms with E-state index in [4.69, 9.17) is 4.74 Å². The molecule has 0 spiro atoms. The van der Waals surface area contributed by atoms with E-state index in [2.05, 4.69) is 20.1 Å². The van der Waals surface area contributed by atoms with Crippen molar-refractivity contribution in [3.05, 3.63) is 70.4 Å². The number of aromatic amines is 1. The van der Waals surface area contributed by atoms with Gasteiger partial charge in [0.1, 0.15) is 22.8 Å². The Morgan fingerprint density at radius 2 is 1.97 bits per heavy atom. The number of H-pyrrole nitrogens is 1. The van der Waals surface area contributed by atoms with Crippen molar-refractivity contribution >= 4 is 11.0 Å². The molecule has 7 nitrogen and oxygen atoms in total. The van der Waals surface area contributed by atoms with Crippen molar-refractivity contribution in [3.63, 3.8) is 0 Å². The molecular weight excluding hydrogens is 447 g/mol. The van der Waals surface area contributed by atoms with E-state index in [1.807, 2.05) is 0 Å². The Morgan fingerprint density at radius 1 is 1.18 bits per heavy atom. The number of rotatable bonds is 5. The minimum absolute atomic E-state index is 0.214. The van der Waals surface area contributed by atoms with Crippen LogP contribution >= 0.6 is 0 Å². The smallest absolute Gasteiger partial charge is 0.262 e. The molecule has 0 unspecified atom stereocenters. The van der Waals surface area contributed by atoms with Gasteiger partial charge in [0.15, 0.2) is 5.65 Å². The largest absolute Gasteiger partial charge is 0.495 e. The number of methoxy groups -OCH3 is 1. The second-order valence-corrected chi connectivity index (χ2v) is 8.52. The lowest BCUT2D eigenvalue weighted by Gasteiger charge is -2.28. The molecule has 1 aliphatic carbocycles. The van der Waals surface area contributed by atoms with Crippen LogP contribution in [0.4, 0.5) is 13.2 Å². The van der Waals surface area contributed by atoms with Gasteiger partial charge in [-0.2, -0.15) is 5.10 Å². The third-order valence-corrected chi connectivity index (χ3v) is 6.23. The molecule has 1 aromatic carbocycles. The Hall–Kier alpha value is -3.69. The van der Waals surface area contributed by atoms with Gasteiger partial charge in [0.2, 0.25) is 5.92 Å². The van der Waals surface area contributed by atoms with Crippen LogP contribution < -0.4 is 10.3 Å². The Kier molecular flexibility index (Phi) is 5.59. The molecule has 1 fully saturated rings. The maximum Gasteiger partial charge on any atom is 0.262 e. The third kappa shape index (κ3) is 4.27. The first-order valence-electron chi connectivity index (χ1n) is 10.9. The fourth-order valence-electron chi connectivity index (χ4n) is 4.43. The summed E-state index contributed by atoms with van der Waals surface area (Å²) < 4.78 is 48.2. The van der Waals surface area contributed by atoms with Gasteiger partial charge in [-0.1, -0.05) is 6.07 Å². The molecule has 0 bridgehead atoms. The lowest BCUT2D eigenvalue weighted by Crippen LogP contribution is -2.27. The van der Waals surface area contributed by atoms with Crippen molar-refractivity contribution < 1.29 is 17.9 Å². The number of pyridine rings is 1. The van der Waals surface area contributed by atoms with Gasteiger partial charge in [-0.15, -0.1) is 0 Å². The number of halogens is 3. The number of hydrogen-bond acceptors (Lipinski definition) is 5. The van der Waals surface area contributed by atoms with Gasteiger partial charge in [-0.05, 0) is 42.2 Å². The van der Waals surface area contributed by atoms with Crippen molar-refractivity contribution in [3.8, 4) is 16.9 Å². The van der Waals surface area contributed by atoms with E-state index >= 15 is 0 Å². The van der Waals surface area contributed by atoms with Crippen LogP contribution in [0.1, 0.15) is 43.1 Å². The van der Waals surface area contributed by atoms with Gasteiger partial charge >= 0.3 is 0 Å². The van der Waals surface area contributed by atoms with E-state index in [0.29, 0.717) is 33.7 Å². The van der Waals surface area contributed by atoms with E-state index < -0.39 is 11.7 Å². The second-order valence-electron chi connectivity index (χ2n) is 8.52. The topological polar surface area (TPSA) is 85.7 Å². The second kappa shape index (κ2) is 8.58. The van der Waals surface area contributed by atoms with E-state index in [-0.39, 0.29) is 43.7 Å². The number of aromatic nitrogens is 5. The number of ether oxygens (including phenoxy) is 1. The summed E-state index contributed by atoms with van der Waals surface area (Å²) in [6.45, 7) is 0. The van der Waals surface area contributed by atoms with E-state index in [1.54, 1.807) is 29.2 Å². The number of nitrogens with zero attached hydrogens (tertiary/aromatic N) is 4. The van der Waals surface area contributed by atoms with Gasteiger partial charge in [-0.25, -0.2) is 22.8 Å². The lowest BCUT2D eigenvalue weighted by atomic mass is 9.92. The fraction of sp³-hybridized carbons (Fsp3) is 0.333. The molecule has 0 saturated heterocycles. The van der Waals surface area contributed by atoms with E-state index in [1.165, 1.54) is 25.4 Å². The molecule has 1 saturated carbocycles. The lowest BCUT2D eigenvalue weighted by molar-refractivity contribution is -0.0446. The van der Waals surface area contributed by atoms with Crippen molar-refractivity contribution in [2.45, 2.75) is 44.1 Å². The first-order chi connectivity index (χ1) is 16.3. The molecule has 5 rings (SSSR count). The minimum atomic E-state index is -2.66. The number of hydrogen-bond donors (Lipinski definition) is 1. The zero-order chi connectivity index (χ0) is 23.9. The monoisotopic (exact) mass is 469 g/mol. The van der Waals surface area contributed by atoms with Gasteiger partial charge < -0.3 is 9.72 Å². The minimum Gasteiger partial charge on any atom is -0.495 e. The van der Waals surface area contributed by atoms with Crippen LogP contribution in [-0.4, -0.2) is 37.8 Å². The maximum atomic E-state index is 14.1. The predicted molar refractivity (Wildman–Crippen MR) is 120 cm³/mol. The first kappa shape index (κ1) is 22.1. The molecule has 34 heavy (non-hydrogen) atoms. The van der Waals surface area contributed by atoms with Gasteiger partial charge in [-0.3, -0.25) is 9.78 Å². The molecule has 1 N–H and O–H groups in total. The summed E-state index contributed by atoms with van der Waals surface area (Å²) in [5, 5.41) is 4.59. The van der Waals surface area contributed by atoms with Gasteiger partial charge in [0.25, 0.3) is 5.56 Å². The molecule has 10 heteroatoms. The van der Waals surface area contributed by atoms with Crippen LogP contribution in [0.25, 0.3) is 22.2 Å². The van der Waals surface area contributed by atoms with E-state index in [9.17, 15) is 18.0 Å². The molecule has 176 valence electrons. The summed E-state index contributed by atoms with van der Waals surface area (Å²) in [6.07, 6.45) is 4.88. The number of alkyl halides is 2. The van der Waals surface area contributed by atoms with Crippen LogP contribution in [0.5, 0.6) is 5.75 Å². The molecule has 0 radical (unpaired) electrons. The molecule has 1 aliphatic rings. The Bertz CT molecular complexity index is 1410. The highest BCUT2D eigenvalue weighted by atomic mass is 19.3. The number of nitrogens with one attached hydrogen (secondary N) is 1. The van der Waals surface area contributed by atoms with Crippen molar-refractivity contribution in [1.82, 2.24) is 24.7 Å². The van der Waals surface area contributed by atoms with Crippen LogP contribution in [0.3, 0.4) is 0 Å². The highest BCUT2D eigenvalue weighted by Gasteiger charge is 2.36. The molecule has 0 amide bonds. The van der Waals surface area contributed by atoms with Crippen LogP contribution in [0.15, 0.2) is 47.7 Å². The number of benzene rings is 1. The van der Waals surface area contributed by atoms with Crippen molar-refractivity contribution in [1.29, 1.82) is 0 Å². The fourth-order valence-corrected chi connectivity index (χ4v) is 4.43. The summed E-state index contributed by atoms with van der Waals surface area (Å²) in [7, 11) is 1.52. The van der Waals surface area contributed by atoms with Crippen molar-refractivity contribution in [2.75, 3.05) is 7.11 Å². The Labute approximate surface area is 192 Å². The quantitative estimate of drug-likeness (QED) is 0.459. The summed E-state index contributed by atoms with van der Waals surface area (Å²) in [4.78, 5) is 24.3. The standard InChI is InChI=1S/C24H22F3N5O2/c1-34-18-8-15(11-28-12-18)19-10-16(25)3-2-14(19)9-21-30-22-20(23(33)31-21)13-29-32(22)17-4-6-24(26,27)7-5-17/h2-3,8,10-13,17H,4-7,9H2,1H3,(H,30,31,33). The highest BCUT2D eigenvalue weighted by Crippen LogP contribution is 2.38. The average molecular weight is 469 g/mol. The Morgan fingerprint density at radius 3 is 2.74 bits per heavy atom. The number of fused-ring (bicyclic) bond motifs is 1. The summed E-state index contributed by atoms with van der Waals surface area (Å²) in [5.74, 6) is -2.18. The Balaban J connectivity index is 1.52. The summed E-state index contributed by atoms with van der Waals surface area (Å²) >= 11 is 0. The molecular formula is C24H22F3N5O2. The first-order valence-corrected chi connectivity index (χ1v) is 10.9. The molecule has 0 aliphatic heterocycles. The molecule has 3 heterocycles. The molecule has 0 atom stereocenters. The average Bonchev–Trinajstić information content (AvgIpc) is 3.25. The van der Waals surface area contributed by atoms with Gasteiger partial charge in [0, 0.05) is 31.0 Å². The van der Waals surface area contributed by atoms with Crippen LogP contribution in [0.2, 0.25) is 0 Å². The maximum absolute atomic E-state index is 14.1. The summed E-state index contributed by atoms with van der Waals surface area (Å²) in [6, 6.07) is 5.88. The van der Waals surface area contributed by atoms with Gasteiger partial charge in [0.05, 0.1) is 25.5 Å². The highest BCUT2D eigenvalue weighted by molar-refractivity contribution is 5.73. The zero-order valence-electron chi connectivity index (χ0n) is 18.4. The molecule has 4 aromatic rings. The SMILES string of the molecule is COc1cncc(-c2cc(F)ccc2Cc2nc3c(cnn3C3CCC(F)(F)CC3)c(=O)[nH]2)c1. The summed E-state index contributed by atoms with van der Waals surface area (Å²) in [5.41, 5.74) is 1.98. The molecule has 3 aromatic heterocycles. The van der Waals surface area contributed by atoms with Crippen LogP contribution in [-0.2, 0) is 6.42 Å². The van der Waals surface area contributed by atoms with E-state index in [0.717, 1.165) is 5.56 Å².